The maximum atomic E-state index is 11.9. The van der Waals surface area contributed by atoms with Gasteiger partial charge in [-0.05, 0) is 24.8 Å². The summed E-state index contributed by atoms with van der Waals surface area (Å²) in [6.07, 6.45) is 1.23. The Hall–Kier alpha value is -2.08. The molecule has 1 aliphatic carbocycles. The van der Waals surface area contributed by atoms with Crippen LogP contribution >= 0.6 is 0 Å². The number of rotatable bonds is 8. The van der Waals surface area contributed by atoms with Crippen molar-refractivity contribution in [2.45, 2.75) is 57.4 Å². The lowest BCUT2D eigenvalue weighted by Crippen LogP contribution is -2.51. The molecule has 126 valence electrons. The molecule has 2 amide bonds. The molecule has 3 N–H and O–H groups in total. The summed E-state index contributed by atoms with van der Waals surface area (Å²) in [7, 11) is 0. The van der Waals surface area contributed by atoms with Crippen LogP contribution in [-0.2, 0) is 16.1 Å². The summed E-state index contributed by atoms with van der Waals surface area (Å²) in [5.41, 5.74) is 0.877. The van der Waals surface area contributed by atoms with Crippen LogP contribution in [0.25, 0.3) is 0 Å². The quantitative estimate of drug-likeness (QED) is 0.680. The Bertz CT molecular complexity index is 517. The Labute approximate surface area is 136 Å². The van der Waals surface area contributed by atoms with Crippen molar-refractivity contribution in [1.29, 1.82) is 0 Å². The molecule has 0 bridgehead atoms. The zero-order valence-corrected chi connectivity index (χ0v) is 13.3. The van der Waals surface area contributed by atoms with Gasteiger partial charge in [0.15, 0.2) is 6.10 Å². The van der Waals surface area contributed by atoms with Crippen LogP contribution in [0.4, 0.5) is 4.79 Å². The van der Waals surface area contributed by atoms with Gasteiger partial charge in [-0.2, -0.15) is 0 Å². The summed E-state index contributed by atoms with van der Waals surface area (Å²) in [4.78, 5) is 23.8. The number of benzene rings is 1. The predicted molar refractivity (Wildman–Crippen MR) is 85.6 cm³/mol. The molecule has 0 unspecified atom stereocenters. The van der Waals surface area contributed by atoms with Crippen molar-refractivity contribution in [3.63, 3.8) is 0 Å². The SMILES string of the molecule is CCC[C@H](NC(=O)OCc1ccccc1)[C@H](O)C(=O)NC1CC1. The van der Waals surface area contributed by atoms with Gasteiger partial charge in [-0.25, -0.2) is 4.79 Å². The van der Waals surface area contributed by atoms with Gasteiger partial charge in [0.1, 0.15) is 6.61 Å². The first-order valence-corrected chi connectivity index (χ1v) is 8.05. The van der Waals surface area contributed by atoms with E-state index < -0.39 is 24.1 Å². The topological polar surface area (TPSA) is 87.7 Å². The molecule has 1 aliphatic rings. The first-order valence-electron chi connectivity index (χ1n) is 8.05. The molecule has 2 rings (SSSR count). The minimum absolute atomic E-state index is 0.149. The maximum Gasteiger partial charge on any atom is 0.407 e. The first-order chi connectivity index (χ1) is 11.1. The Morgan fingerprint density at radius 2 is 2.00 bits per heavy atom. The second kappa shape index (κ2) is 8.53. The lowest BCUT2D eigenvalue weighted by molar-refractivity contribution is -0.130. The number of ether oxygens (including phenoxy) is 1. The van der Waals surface area contributed by atoms with Gasteiger partial charge in [0.05, 0.1) is 6.04 Å². The van der Waals surface area contributed by atoms with Crippen LogP contribution in [0.3, 0.4) is 0 Å². The molecule has 0 heterocycles. The summed E-state index contributed by atoms with van der Waals surface area (Å²) in [5, 5.41) is 15.5. The smallest absolute Gasteiger partial charge is 0.407 e. The summed E-state index contributed by atoms with van der Waals surface area (Å²) in [5.74, 6) is -0.436. The largest absolute Gasteiger partial charge is 0.445 e. The number of hydrogen-bond acceptors (Lipinski definition) is 4. The third-order valence-corrected chi connectivity index (χ3v) is 3.69. The number of carbonyl (C=O) groups excluding carboxylic acids is 2. The van der Waals surface area contributed by atoms with E-state index in [0.717, 1.165) is 24.8 Å². The van der Waals surface area contributed by atoms with E-state index in [-0.39, 0.29) is 12.6 Å². The highest BCUT2D eigenvalue weighted by Crippen LogP contribution is 2.19. The van der Waals surface area contributed by atoms with Gasteiger partial charge in [0.2, 0.25) is 0 Å². The number of aliphatic hydroxyl groups excluding tert-OH is 1. The lowest BCUT2D eigenvalue weighted by atomic mass is 10.1. The van der Waals surface area contributed by atoms with E-state index in [0.29, 0.717) is 6.42 Å². The maximum absolute atomic E-state index is 11.9. The average molecular weight is 320 g/mol. The highest BCUT2D eigenvalue weighted by molar-refractivity contribution is 5.82. The van der Waals surface area contributed by atoms with E-state index in [1.807, 2.05) is 37.3 Å². The van der Waals surface area contributed by atoms with Crippen LogP contribution in [0.1, 0.15) is 38.2 Å². The van der Waals surface area contributed by atoms with E-state index in [2.05, 4.69) is 10.6 Å². The minimum atomic E-state index is -1.26. The third-order valence-electron chi connectivity index (χ3n) is 3.69. The van der Waals surface area contributed by atoms with E-state index >= 15 is 0 Å². The van der Waals surface area contributed by atoms with E-state index in [4.69, 9.17) is 4.74 Å². The van der Waals surface area contributed by atoms with Gasteiger partial charge in [-0.1, -0.05) is 43.7 Å². The highest BCUT2D eigenvalue weighted by Gasteiger charge is 2.31. The normalized spacial score (nSPS) is 16.3. The van der Waals surface area contributed by atoms with Crippen molar-refractivity contribution in [2.75, 3.05) is 0 Å². The molecule has 0 aliphatic heterocycles. The fourth-order valence-electron chi connectivity index (χ4n) is 2.23. The van der Waals surface area contributed by atoms with Crippen molar-refractivity contribution in [1.82, 2.24) is 10.6 Å². The zero-order chi connectivity index (χ0) is 16.7. The summed E-state index contributed by atoms with van der Waals surface area (Å²) < 4.78 is 5.14. The lowest BCUT2D eigenvalue weighted by Gasteiger charge is -2.23. The molecule has 2 atom stereocenters. The second-order valence-corrected chi connectivity index (χ2v) is 5.83. The van der Waals surface area contributed by atoms with Gasteiger partial charge in [0.25, 0.3) is 5.91 Å². The van der Waals surface area contributed by atoms with Crippen LogP contribution in [0, 0.1) is 0 Å². The second-order valence-electron chi connectivity index (χ2n) is 5.83. The Morgan fingerprint density at radius 1 is 1.30 bits per heavy atom. The fourth-order valence-corrected chi connectivity index (χ4v) is 2.23. The number of carbonyl (C=O) groups is 2. The molecule has 0 saturated heterocycles. The molecule has 1 saturated carbocycles. The third kappa shape index (κ3) is 5.90. The Morgan fingerprint density at radius 3 is 2.61 bits per heavy atom. The van der Waals surface area contributed by atoms with Crippen molar-refractivity contribution in [2.24, 2.45) is 0 Å². The summed E-state index contributed by atoms with van der Waals surface area (Å²) >= 11 is 0. The van der Waals surface area contributed by atoms with Gasteiger partial charge >= 0.3 is 6.09 Å². The minimum Gasteiger partial charge on any atom is -0.445 e. The van der Waals surface area contributed by atoms with Crippen molar-refractivity contribution in [3.05, 3.63) is 35.9 Å². The monoisotopic (exact) mass is 320 g/mol. The van der Waals surface area contributed by atoms with Crippen molar-refractivity contribution in [3.8, 4) is 0 Å². The molecule has 0 radical (unpaired) electrons. The van der Waals surface area contributed by atoms with Crippen LogP contribution in [0.15, 0.2) is 30.3 Å². The predicted octanol–water partition coefficient (Wildman–Crippen LogP) is 1.72. The van der Waals surface area contributed by atoms with Crippen LogP contribution in [-0.4, -0.2) is 35.3 Å². The van der Waals surface area contributed by atoms with Crippen molar-refractivity contribution >= 4 is 12.0 Å². The molecule has 1 aromatic rings. The van der Waals surface area contributed by atoms with E-state index in [1.165, 1.54) is 0 Å². The number of nitrogens with one attached hydrogen (secondary N) is 2. The first kappa shape index (κ1) is 17.3. The van der Waals surface area contributed by atoms with Crippen LogP contribution in [0.2, 0.25) is 0 Å². The molecule has 0 spiro atoms. The molecule has 1 fully saturated rings. The Balaban J connectivity index is 1.81. The van der Waals surface area contributed by atoms with Gasteiger partial charge in [0, 0.05) is 6.04 Å². The molecule has 6 heteroatoms. The number of hydrogen-bond donors (Lipinski definition) is 3. The van der Waals surface area contributed by atoms with Gasteiger partial charge in [-0.3, -0.25) is 4.79 Å². The van der Waals surface area contributed by atoms with Gasteiger partial charge < -0.3 is 20.5 Å². The highest BCUT2D eigenvalue weighted by atomic mass is 16.5. The molecule has 0 aromatic heterocycles. The average Bonchev–Trinajstić information content (AvgIpc) is 3.36. The summed E-state index contributed by atoms with van der Waals surface area (Å²) in [6, 6.07) is 8.84. The summed E-state index contributed by atoms with van der Waals surface area (Å²) in [6.45, 7) is 2.07. The molecule has 23 heavy (non-hydrogen) atoms. The fraction of sp³-hybridized carbons (Fsp3) is 0.529. The van der Waals surface area contributed by atoms with E-state index in [1.54, 1.807) is 0 Å². The van der Waals surface area contributed by atoms with E-state index in [9.17, 15) is 14.7 Å². The number of aliphatic hydroxyl groups is 1. The standard InChI is InChI=1S/C17H24N2O4/c1-2-6-14(15(20)16(21)18-13-9-10-13)19-17(22)23-11-12-7-4-3-5-8-12/h3-5,7-8,13-15,20H,2,6,9-11H2,1H3,(H,18,21)(H,19,22)/t14-,15-/m0/s1. The molecular weight excluding hydrogens is 296 g/mol. The Kier molecular flexibility index (Phi) is 6.40. The number of amides is 2. The molecule has 6 nitrogen and oxygen atoms in total. The van der Waals surface area contributed by atoms with Crippen LogP contribution in [0.5, 0.6) is 0 Å². The molecule has 1 aromatic carbocycles. The van der Waals surface area contributed by atoms with Crippen LogP contribution < -0.4 is 10.6 Å². The zero-order valence-electron chi connectivity index (χ0n) is 13.3. The van der Waals surface area contributed by atoms with Crippen molar-refractivity contribution < 1.29 is 19.4 Å². The van der Waals surface area contributed by atoms with Gasteiger partial charge in [-0.15, -0.1) is 0 Å². The number of alkyl carbamates (subject to hydrolysis) is 1. The molecular formula is C17H24N2O4.